The number of hydrogen-bond donors (Lipinski definition) is 1. The van der Waals surface area contributed by atoms with Gasteiger partial charge in [-0.25, -0.2) is 0 Å². The molecule has 15 heavy (non-hydrogen) atoms. The van der Waals surface area contributed by atoms with Crippen LogP contribution in [0.15, 0.2) is 0 Å². The highest BCUT2D eigenvalue weighted by Gasteiger charge is 2.34. The Morgan fingerprint density at radius 3 is 2.40 bits per heavy atom. The molecule has 0 saturated heterocycles. The molecule has 1 fully saturated rings. The molecule has 90 valence electrons. The fourth-order valence-corrected chi connectivity index (χ4v) is 2.92. The fraction of sp³-hybridized carbons (Fsp3) is 1.00. The quantitative estimate of drug-likeness (QED) is 0.728. The summed E-state index contributed by atoms with van der Waals surface area (Å²) in [4.78, 5) is 2.36. The van der Waals surface area contributed by atoms with Crippen LogP contribution in [0.5, 0.6) is 0 Å². The Kier molecular flexibility index (Phi) is 4.60. The van der Waals surface area contributed by atoms with E-state index in [4.69, 9.17) is 5.73 Å². The van der Waals surface area contributed by atoms with Crippen molar-refractivity contribution in [1.29, 1.82) is 0 Å². The molecule has 0 bridgehead atoms. The summed E-state index contributed by atoms with van der Waals surface area (Å²) in [6, 6.07) is 0. The Bertz CT molecular complexity index is 189. The van der Waals surface area contributed by atoms with Crippen LogP contribution in [-0.2, 0) is 0 Å². The predicted molar refractivity (Wildman–Crippen MR) is 66.9 cm³/mol. The van der Waals surface area contributed by atoms with Crippen molar-refractivity contribution in [2.45, 2.75) is 51.5 Å². The Hall–Kier alpha value is -0.0800. The van der Waals surface area contributed by atoms with Crippen molar-refractivity contribution in [3.8, 4) is 0 Å². The van der Waals surface area contributed by atoms with Crippen LogP contribution in [0.1, 0.15) is 46.0 Å². The van der Waals surface area contributed by atoms with Crippen molar-refractivity contribution >= 4 is 0 Å². The van der Waals surface area contributed by atoms with Gasteiger partial charge < -0.3 is 10.6 Å². The van der Waals surface area contributed by atoms with E-state index in [0.29, 0.717) is 0 Å². The maximum atomic E-state index is 5.99. The van der Waals surface area contributed by atoms with E-state index in [1.54, 1.807) is 0 Å². The van der Waals surface area contributed by atoms with Gasteiger partial charge in [-0.3, -0.25) is 0 Å². The minimum Gasteiger partial charge on any atom is -0.329 e. The summed E-state index contributed by atoms with van der Waals surface area (Å²) in [7, 11) is 4.37. The van der Waals surface area contributed by atoms with Gasteiger partial charge in [-0.1, -0.05) is 26.7 Å². The largest absolute Gasteiger partial charge is 0.329 e. The molecular weight excluding hydrogens is 184 g/mol. The van der Waals surface area contributed by atoms with Crippen LogP contribution in [0.4, 0.5) is 0 Å². The first kappa shape index (κ1) is 13.0. The molecule has 1 aliphatic carbocycles. The molecule has 0 aromatic heterocycles. The van der Waals surface area contributed by atoms with Gasteiger partial charge in [0.05, 0.1) is 0 Å². The Balaban J connectivity index is 2.64. The molecule has 2 nitrogen and oxygen atoms in total. The SMILES string of the molecule is CC(C)C1CCCC(CN)(N(C)C)CC1. The van der Waals surface area contributed by atoms with Gasteiger partial charge in [-0.05, 0) is 45.2 Å². The molecule has 1 aliphatic rings. The topological polar surface area (TPSA) is 29.3 Å². The van der Waals surface area contributed by atoms with E-state index in [0.717, 1.165) is 18.4 Å². The molecule has 0 aliphatic heterocycles. The standard InChI is InChI=1S/C13H28N2/c1-11(2)12-6-5-8-13(10-14,9-7-12)15(3)4/h11-12H,5-10,14H2,1-4H3. The highest BCUT2D eigenvalue weighted by atomic mass is 15.2. The van der Waals surface area contributed by atoms with E-state index in [1.807, 2.05) is 0 Å². The molecule has 0 aromatic rings. The zero-order valence-corrected chi connectivity index (χ0v) is 10.9. The smallest absolute Gasteiger partial charge is 0.0325 e. The second kappa shape index (κ2) is 5.31. The lowest BCUT2D eigenvalue weighted by atomic mass is 9.86. The predicted octanol–water partition coefficient (Wildman–Crippen LogP) is 2.48. The Labute approximate surface area is 95.2 Å². The summed E-state index contributed by atoms with van der Waals surface area (Å²) in [6.45, 7) is 5.52. The van der Waals surface area contributed by atoms with Gasteiger partial charge in [-0.2, -0.15) is 0 Å². The first-order chi connectivity index (χ1) is 7.02. The fourth-order valence-electron chi connectivity index (χ4n) is 2.92. The number of nitrogens with zero attached hydrogens (tertiary/aromatic N) is 1. The highest BCUT2D eigenvalue weighted by Crippen LogP contribution is 2.35. The summed E-state index contributed by atoms with van der Waals surface area (Å²) >= 11 is 0. The summed E-state index contributed by atoms with van der Waals surface area (Å²) < 4.78 is 0. The minimum absolute atomic E-state index is 0.281. The molecule has 2 atom stereocenters. The molecule has 0 heterocycles. The molecule has 2 unspecified atom stereocenters. The third-order valence-electron chi connectivity index (χ3n) is 4.47. The van der Waals surface area contributed by atoms with E-state index < -0.39 is 0 Å². The average molecular weight is 212 g/mol. The lowest BCUT2D eigenvalue weighted by Crippen LogP contribution is -2.49. The van der Waals surface area contributed by atoms with Crippen LogP contribution in [0.3, 0.4) is 0 Å². The third kappa shape index (κ3) is 2.94. The van der Waals surface area contributed by atoms with E-state index in [-0.39, 0.29) is 5.54 Å². The summed E-state index contributed by atoms with van der Waals surface area (Å²) in [5.41, 5.74) is 6.27. The van der Waals surface area contributed by atoms with Crippen molar-refractivity contribution in [3.63, 3.8) is 0 Å². The first-order valence-electron chi connectivity index (χ1n) is 6.39. The van der Waals surface area contributed by atoms with Crippen LogP contribution in [0.2, 0.25) is 0 Å². The van der Waals surface area contributed by atoms with E-state index in [2.05, 4.69) is 32.8 Å². The molecule has 1 rings (SSSR count). The first-order valence-corrected chi connectivity index (χ1v) is 6.39. The number of nitrogens with two attached hydrogens (primary N) is 1. The normalized spacial score (nSPS) is 33.4. The second-order valence-electron chi connectivity index (χ2n) is 5.76. The maximum Gasteiger partial charge on any atom is 0.0325 e. The van der Waals surface area contributed by atoms with Crippen LogP contribution in [0.25, 0.3) is 0 Å². The van der Waals surface area contributed by atoms with Crippen molar-refractivity contribution in [3.05, 3.63) is 0 Å². The lowest BCUT2D eigenvalue weighted by Gasteiger charge is -2.38. The third-order valence-corrected chi connectivity index (χ3v) is 4.47. The molecule has 0 radical (unpaired) electrons. The van der Waals surface area contributed by atoms with E-state index in [1.165, 1.54) is 32.1 Å². The number of hydrogen-bond acceptors (Lipinski definition) is 2. The minimum atomic E-state index is 0.281. The van der Waals surface area contributed by atoms with Gasteiger partial charge in [0.2, 0.25) is 0 Å². The van der Waals surface area contributed by atoms with Crippen LogP contribution < -0.4 is 5.73 Å². The lowest BCUT2D eigenvalue weighted by molar-refractivity contribution is 0.135. The van der Waals surface area contributed by atoms with E-state index >= 15 is 0 Å². The summed E-state index contributed by atoms with van der Waals surface area (Å²) in [5, 5.41) is 0. The maximum absolute atomic E-state index is 5.99. The van der Waals surface area contributed by atoms with Crippen molar-refractivity contribution in [2.75, 3.05) is 20.6 Å². The zero-order valence-electron chi connectivity index (χ0n) is 10.9. The average Bonchev–Trinajstić information content (AvgIpc) is 2.40. The molecule has 0 spiro atoms. The highest BCUT2D eigenvalue weighted by molar-refractivity contribution is 4.92. The van der Waals surface area contributed by atoms with Crippen LogP contribution in [0, 0.1) is 11.8 Å². The number of rotatable bonds is 3. The van der Waals surface area contributed by atoms with Crippen LogP contribution >= 0.6 is 0 Å². The molecule has 0 amide bonds. The Morgan fingerprint density at radius 1 is 1.27 bits per heavy atom. The van der Waals surface area contributed by atoms with Gasteiger partial charge in [0, 0.05) is 12.1 Å². The van der Waals surface area contributed by atoms with Gasteiger partial charge in [0.25, 0.3) is 0 Å². The monoisotopic (exact) mass is 212 g/mol. The second-order valence-corrected chi connectivity index (χ2v) is 5.76. The number of likely N-dealkylation sites (N-methyl/N-ethyl adjacent to an activating group) is 1. The van der Waals surface area contributed by atoms with Gasteiger partial charge in [0.15, 0.2) is 0 Å². The molecular formula is C13H28N2. The molecule has 2 heteroatoms. The van der Waals surface area contributed by atoms with Gasteiger partial charge in [-0.15, -0.1) is 0 Å². The summed E-state index contributed by atoms with van der Waals surface area (Å²) in [5.74, 6) is 1.75. The van der Waals surface area contributed by atoms with Crippen molar-refractivity contribution in [1.82, 2.24) is 4.90 Å². The van der Waals surface area contributed by atoms with Gasteiger partial charge in [0.1, 0.15) is 0 Å². The van der Waals surface area contributed by atoms with Crippen molar-refractivity contribution < 1.29 is 0 Å². The summed E-state index contributed by atoms with van der Waals surface area (Å²) in [6.07, 6.45) is 6.65. The molecule has 0 aromatic carbocycles. The molecule has 1 saturated carbocycles. The van der Waals surface area contributed by atoms with E-state index in [9.17, 15) is 0 Å². The van der Waals surface area contributed by atoms with Gasteiger partial charge >= 0.3 is 0 Å². The zero-order chi connectivity index (χ0) is 11.5. The molecule has 2 N–H and O–H groups in total. The van der Waals surface area contributed by atoms with Crippen LogP contribution in [-0.4, -0.2) is 31.1 Å². The Morgan fingerprint density at radius 2 is 1.93 bits per heavy atom. The van der Waals surface area contributed by atoms with Crippen molar-refractivity contribution in [2.24, 2.45) is 17.6 Å².